The number of ketones is 4. The van der Waals surface area contributed by atoms with Crippen LogP contribution in [0.1, 0.15) is 59.3 Å². The largest absolute Gasteiger partial charge is 0.507 e. The summed E-state index contributed by atoms with van der Waals surface area (Å²) in [5.74, 6) is -10.4. The van der Waals surface area contributed by atoms with Gasteiger partial charge in [0.2, 0.25) is 5.91 Å². The first-order valence-electron chi connectivity index (χ1n) is 15.0. The van der Waals surface area contributed by atoms with Gasteiger partial charge in [-0.15, -0.1) is 11.3 Å². The van der Waals surface area contributed by atoms with Crippen molar-refractivity contribution >= 4 is 40.4 Å². The number of aromatic hydroxyl groups is 1. The Hall–Kier alpha value is -3.25. The number of nitrogens with two attached hydrogens (primary N) is 1. The van der Waals surface area contributed by atoms with E-state index in [-0.39, 0.29) is 24.2 Å². The lowest BCUT2D eigenvalue weighted by atomic mass is 9.52. The summed E-state index contributed by atoms with van der Waals surface area (Å²) in [5, 5.41) is 26.2. The van der Waals surface area contributed by atoms with Gasteiger partial charge in [0.25, 0.3) is 0 Å². The van der Waals surface area contributed by atoms with Gasteiger partial charge in [0.15, 0.2) is 34.7 Å². The van der Waals surface area contributed by atoms with E-state index in [0.717, 1.165) is 21.9 Å². The smallest absolute Gasteiger partial charge is 0.235 e. The van der Waals surface area contributed by atoms with Crippen LogP contribution in [-0.4, -0.2) is 75.9 Å². The third-order valence-electron chi connectivity index (χ3n) is 10.0. The van der Waals surface area contributed by atoms with Crippen molar-refractivity contribution in [3.05, 3.63) is 40.3 Å². The minimum Gasteiger partial charge on any atom is -0.507 e. The highest BCUT2D eigenvalue weighted by Gasteiger charge is 2.69. The summed E-state index contributed by atoms with van der Waals surface area (Å²) in [7, 11) is 3.14. The lowest BCUT2D eigenvalue weighted by Crippen LogP contribution is -2.74. The molecule has 1 heterocycles. The summed E-state index contributed by atoms with van der Waals surface area (Å²) in [6.07, 6.45) is 6.40. The van der Waals surface area contributed by atoms with E-state index in [0.29, 0.717) is 11.6 Å². The predicted molar refractivity (Wildman–Crippen MR) is 158 cm³/mol. The highest BCUT2D eigenvalue weighted by atomic mass is 32.1. The molecular formula is C32H37N3O7S. The molecule has 3 saturated carbocycles. The summed E-state index contributed by atoms with van der Waals surface area (Å²) in [6.45, 7) is 0.744. The van der Waals surface area contributed by atoms with Crippen molar-refractivity contribution in [2.75, 3.05) is 14.1 Å². The molecule has 0 bridgehead atoms. The maximum Gasteiger partial charge on any atom is 0.235 e. The van der Waals surface area contributed by atoms with E-state index >= 15 is 0 Å². The van der Waals surface area contributed by atoms with Crippen LogP contribution < -0.4 is 11.1 Å². The summed E-state index contributed by atoms with van der Waals surface area (Å²) >= 11 is 1.61. The van der Waals surface area contributed by atoms with Gasteiger partial charge in [-0.05, 0) is 81.1 Å². The molecule has 6 atom stereocenters. The maximum atomic E-state index is 14.0. The van der Waals surface area contributed by atoms with Gasteiger partial charge in [0, 0.05) is 28.3 Å². The Morgan fingerprint density at radius 2 is 1.79 bits per heavy atom. The van der Waals surface area contributed by atoms with E-state index in [9.17, 15) is 34.2 Å². The molecule has 1 amide bonds. The van der Waals surface area contributed by atoms with Gasteiger partial charge in [0.05, 0.1) is 17.5 Å². The molecule has 4 aliphatic carbocycles. The number of aliphatic hydroxyl groups is 1. The molecule has 11 heteroatoms. The average molecular weight is 608 g/mol. The number of benzene rings is 1. The Balaban J connectivity index is 1.35. The summed E-state index contributed by atoms with van der Waals surface area (Å²) in [4.78, 5) is 70.4. The van der Waals surface area contributed by atoms with Crippen LogP contribution in [0.25, 0.3) is 10.4 Å². The maximum absolute atomic E-state index is 14.0. The Morgan fingerprint density at radius 3 is 2.47 bits per heavy atom. The highest BCUT2D eigenvalue weighted by Crippen LogP contribution is 2.52. The number of phenols is 1. The van der Waals surface area contributed by atoms with Crippen molar-refractivity contribution in [3.8, 4) is 16.2 Å². The van der Waals surface area contributed by atoms with E-state index in [1.54, 1.807) is 31.5 Å². The molecule has 1 aromatic carbocycles. The molecule has 43 heavy (non-hydrogen) atoms. The Labute approximate surface area is 253 Å². The predicted octanol–water partition coefficient (Wildman–Crippen LogP) is 2.02. The zero-order valence-corrected chi connectivity index (χ0v) is 25.1. The number of primary amides is 1. The number of fused-ring (bicyclic) bond motifs is 3. The standard InChI is InChI=1S/C32H37N3O7S/c1-35(2)26-20-13-15-12-19-18(22-11-8-17(43-22)14-34-16-6-4-3-5-7-16)9-10-21(36)24(19)27(37)23(15)29(39)32(20,42)30(40)25(28(26)38)31(33)41/h8-11,15-16,20,23,25-26,34,36,42H,3-7,12-14H2,1-2H3,(H2,33,41). The molecule has 3 fully saturated rings. The number of hydrogen-bond acceptors (Lipinski definition) is 10. The van der Waals surface area contributed by atoms with Crippen LogP contribution in [0.2, 0.25) is 0 Å². The van der Waals surface area contributed by atoms with Crippen LogP contribution in [0.5, 0.6) is 5.75 Å². The number of nitrogens with one attached hydrogen (secondary N) is 1. The van der Waals surface area contributed by atoms with Crippen LogP contribution >= 0.6 is 11.3 Å². The second-order valence-electron chi connectivity index (χ2n) is 12.8. The molecule has 10 nitrogen and oxygen atoms in total. The average Bonchev–Trinajstić information content (AvgIpc) is 3.43. The molecule has 0 radical (unpaired) electrons. The molecule has 5 N–H and O–H groups in total. The number of likely N-dealkylation sites (N-methyl/N-ethyl adjacent to an activating group) is 1. The monoisotopic (exact) mass is 607 g/mol. The van der Waals surface area contributed by atoms with Crippen LogP contribution in [0.4, 0.5) is 0 Å². The first-order valence-corrected chi connectivity index (χ1v) is 15.8. The molecule has 228 valence electrons. The molecule has 2 aromatic rings. The first kappa shape index (κ1) is 29.8. The second-order valence-corrected chi connectivity index (χ2v) is 13.9. The number of rotatable bonds is 6. The van der Waals surface area contributed by atoms with Crippen LogP contribution in [0, 0.1) is 23.7 Å². The van der Waals surface area contributed by atoms with Crippen LogP contribution in [0.3, 0.4) is 0 Å². The minimum absolute atomic E-state index is 0.0133. The number of carbonyl (C=O) groups is 5. The van der Waals surface area contributed by atoms with Crippen molar-refractivity contribution in [1.82, 2.24) is 10.2 Å². The van der Waals surface area contributed by atoms with Gasteiger partial charge in [-0.25, -0.2) is 0 Å². The molecule has 0 saturated heterocycles. The Bertz CT molecular complexity index is 1530. The number of carbonyl (C=O) groups excluding carboxylic acids is 5. The number of hydrogen-bond donors (Lipinski definition) is 4. The molecule has 6 rings (SSSR count). The Kier molecular flexibility index (Phi) is 7.65. The number of thiophene rings is 1. The highest BCUT2D eigenvalue weighted by molar-refractivity contribution is 7.15. The van der Waals surface area contributed by atoms with E-state index in [1.807, 2.05) is 6.07 Å². The lowest BCUT2D eigenvalue weighted by Gasteiger charge is -2.52. The molecular weight excluding hydrogens is 570 g/mol. The van der Waals surface area contributed by atoms with E-state index in [4.69, 9.17) is 5.73 Å². The van der Waals surface area contributed by atoms with Crippen molar-refractivity contribution in [2.45, 2.75) is 69.2 Å². The first-order chi connectivity index (χ1) is 20.4. The van der Waals surface area contributed by atoms with E-state index < -0.39 is 64.4 Å². The summed E-state index contributed by atoms with van der Waals surface area (Å²) < 4.78 is 0. The molecule has 6 unspecified atom stereocenters. The number of nitrogens with zero attached hydrogens (tertiary/aromatic N) is 1. The SMILES string of the molecule is CN(C)C1C(=O)C(C(N)=O)C(=O)C2(O)C(=O)C3C(=O)c4c(O)ccc(-c5ccc(CNC6CCCCC6)s5)c4CC3CC12. The topological polar surface area (TPSA) is 167 Å². The van der Waals surface area contributed by atoms with Crippen molar-refractivity contribution in [3.63, 3.8) is 0 Å². The van der Waals surface area contributed by atoms with Crippen molar-refractivity contribution in [2.24, 2.45) is 29.4 Å². The van der Waals surface area contributed by atoms with Gasteiger partial charge in [-0.1, -0.05) is 19.3 Å². The molecule has 0 spiro atoms. The number of phenolic OH excluding ortho intramolecular Hbond substituents is 1. The summed E-state index contributed by atoms with van der Waals surface area (Å²) in [5.41, 5.74) is 4.08. The third kappa shape index (κ3) is 4.68. The van der Waals surface area contributed by atoms with Gasteiger partial charge in [-0.3, -0.25) is 28.9 Å². The molecule has 0 aliphatic heterocycles. The summed E-state index contributed by atoms with van der Waals surface area (Å²) in [6, 6.07) is 6.67. The molecule has 4 aliphatic rings. The number of amides is 1. The zero-order valence-electron chi connectivity index (χ0n) is 24.3. The lowest BCUT2D eigenvalue weighted by molar-refractivity contribution is -0.181. The quantitative estimate of drug-likeness (QED) is 0.359. The Morgan fingerprint density at radius 1 is 1.07 bits per heavy atom. The third-order valence-corrected chi connectivity index (χ3v) is 11.2. The van der Waals surface area contributed by atoms with E-state index in [1.165, 1.54) is 43.1 Å². The molecule has 1 aromatic heterocycles. The zero-order chi connectivity index (χ0) is 30.8. The fraction of sp³-hybridized carbons (Fsp3) is 0.531. The van der Waals surface area contributed by atoms with Crippen LogP contribution in [-0.2, 0) is 32.1 Å². The van der Waals surface area contributed by atoms with Crippen molar-refractivity contribution < 1.29 is 34.2 Å². The van der Waals surface area contributed by atoms with Gasteiger partial charge in [-0.2, -0.15) is 0 Å². The normalized spacial score (nSPS) is 31.1. The fourth-order valence-electron chi connectivity index (χ4n) is 8.00. The van der Waals surface area contributed by atoms with Crippen LogP contribution in [0.15, 0.2) is 24.3 Å². The number of Topliss-reactive ketones (excluding diaryl/α,β-unsaturated/α-hetero) is 4. The van der Waals surface area contributed by atoms with E-state index in [2.05, 4.69) is 11.4 Å². The van der Waals surface area contributed by atoms with Gasteiger partial charge >= 0.3 is 0 Å². The minimum atomic E-state index is -2.72. The van der Waals surface area contributed by atoms with Crippen molar-refractivity contribution in [1.29, 1.82) is 0 Å². The van der Waals surface area contributed by atoms with Gasteiger partial charge in [0.1, 0.15) is 5.75 Å². The second kappa shape index (κ2) is 11.0. The van der Waals surface area contributed by atoms with Gasteiger partial charge < -0.3 is 21.3 Å². The fourth-order valence-corrected chi connectivity index (χ4v) is 9.02.